The molecule has 1 amide bonds. The van der Waals surface area contributed by atoms with E-state index < -0.39 is 11.5 Å². The number of anilines is 1. The van der Waals surface area contributed by atoms with Crippen molar-refractivity contribution in [2.75, 3.05) is 11.9 Å². The summed E-state index contributed by atoms with van der Waals surface area (Å²) in [5.41, 5.74) is -0.153. The van der Waals surface area contributed by atoms with E-state index in [1.54, 1.807) is 6.20 Å². The highest BCUT2D eigenvalue weighted by atomic mass is 16.4. The van der Waals surface area contributed by atoms with E-state index >= 15 is 0 Å². The third-order valence-corrected chi connectivity index (χ3v) is 5.07. The summed E-state index contributed by atoms with van der Waals surface area (Å²) in [5.74, 6) is 0.115. The third-order valence-electron chi connectivity index (χ3n) is 5.07. The summed E-state index contributed by atoms with van der Waals surface area (Å²) in [4.78, 5) is 31.5. The zero-order chi connectivity index (χ0) is 17.7. The van der Waals surface area contributed by atoms with E-state index in [1.807, 2.05) is 0 Å². The highest BCUT2D eigenvalue weighted by Gasteiger charge is 2.44. The first kappa shape index (κ1) is 17.4. The summed E-state index contributed by atoms with van der Waals surface area (Å²) in [6.45, 7) is 0.672. The molecule has 0 aromatic carbocycles. The Kier molecular flexibility index (Phi) is 5.31. The first-order valence-corrected chi connectivity index (χ1v) is 8.87. The number of nitrogens with zero attached hydrogens (tertiary/aromatic N) is 2. The molecule has 134 valence electrons. The van der Waals surface area contributed by atoms with Crippen molar-refractivity contribution in [2.45, 2.75) is 50.5 Å². The Bertz CT molecular complexity index is 653. The fourth-order valence-electron chi connectivity index (χ4n) is 3.81. The van der Waals surface area contributed by atoms with Crippen molar-refractivity contribution >= 4 is 23.8 Å². The van der Waals surface area contributed by atoms with Crippen LogP contribution in [0.3, 0.4) is 0 Å². The van der Waals surface area contributed by atoms with Gasteiger partial charge in [-0.3, -0.25) is 9.78 Å². The van der Waals surface area contributed by atoms with Crippen LogP contribution in [-0.2, 0) is 9.59 Å². The monoisotopic (exact) mass is 344 g/mol. The zero-order valence-electron chi connectivity index (χ0n) is 14.2. The van der Waals surface area contributed by atoms with E-state index in [2.05, 4.69) is 20.6 Å². The molecule has 7 nitrogen and oxygen atoms in total. The maximum atomic E-state index is 12.5. The van der Waals surface area contributed by atoms with E-state index in [9.17, 15) is 9.59 Å². The van der Waals surface area contributed by atoms with E-state index in [0.29, 0.717) is 24.0 Å². The van der Waals surface area contributed by atoms with Gasteiger partial charge in [-0.25, -0.2) is 9.78 Å². The summed E-state index contributed by atoms with van der Waals surface area (Å²) in [6, 6.07) is 0. The van der Waals surface area contributed by atoms with E-state index in [4.69, 9.17) is 5.11 Å². The van der Waals surface area contributed by atoms with Crippen molar-refractivity contribution in [3.63, 3.8) is 0 Å². The Balaban J connectivity index is 1.72. The molecule has 0 spiro atoms. The second kappa shape index (κ2) is 7.63. The van der Waals surface area contributed by atoms with Gasteiger partial charge in [-0.15, -0.1) is 0 Å². The van der Waals surface area contributed by atoms with Crippen molar-refractivity contribution in [3.8, 4) is 0 Å². The lowest BCUT2D eigenvalue weighted by atomic mass is 9.78. The van der Waals surface area contributed by atoms with Gasteiger partial charge in [0, 0.05) is 12.6 Å². The maximum absolute atomic E-state index is 12.5. The normalized spacial score (nSPS) is 24.4. The van der Waals surface area contributed by atoms with Crippen molar-refractivity contribution in [3.05, 3.63) is 24.2 Å². The van der Waals surface area contributed by atoms with Gasteiger partial charge in [-0.05, 0) is 24.8 Å². The molecule has 7 heteroatoms. The quantitative estimate of drug-likeness (QED) is 0.684. The molecule has 1 aromatic heterocycles. The summed E-state index contributed by atoms with van der Waals surface area (Å²) in [5, 5.41) is 14.9. The van der Waals surface area contributed by atoms with Crippen LogP contribution in [0.5, 0.6) is 0 Å². The number of carbonyl (C=O) groups excluding carboxylic acids is 1. The minimum Gasteiger partial charge on any atom is -0.478 e. The average molecular weight is 344 g/mol. The van der Waals surface area contributed by atoms with Crippen LogP contribution < -0.4 is 10.6 Å². The maximum Gasteiger partial charge on any atom is 0.328 e. The highest BCUT2D eigenvalue weighted by Crippen LogP contribution is 2.35. The van der Waals surface area contributed by atoms with Gasteiger partial charge in [0.05, 0.1) is 18.1 Å². The van der Waals surface area contributed by atoms with Crippen LogP contribution in [0.1, 0.15) is 50.6 Å². The smallest absolute Gasteiger partial charge is 0.328 e. The summed E-state index contributed by atoms with van der Waals surface area (Å²) in [6.07, 6.45) is 13.2. The number of aliphatic carboxylic acids is 1. The summed E-state index contributed by atoms with van der Waals surface area (Å²) >= 11 is 0. The van der Waals surface area contributed by atoms with Crippen LogP contribution in [0.4, 0.5) is 5.82 Å². The van der Waals surface area contributed by atoms with Crippen molar-refractivity contribution < 1.29 is 14.7 Å². The molecule has 2 fully saturated rings. The van der Waals surface area contributed by atoms with Crippen molar-refractivity contribution in [1.29, 1.82) is 0 Å². The molecule has 3 N–H and O–H groups in total. The molecular formula is C18H24N4O3. The number of nitrogens with one attached hydrogen (secondary N) is 2. The second-order valence-corrected chi connectivity index (χ2v) is 6.92. The number of hydrogen-bond acceptors (Lipinski definition) is 5. The van der Waals surface area contributed by atoms with Crippen LogP contribution >= 0.6 is 0 Å². The topological polar surface area (TPSA) is 104 Å². The van der Waals surface area contributed by atoms with Gasteiger partial charge in [0.2, 0.25) is 5.91 Å². The first-order chi connectivity index (χ1) is 12.1. The van der Waals surface area contributed by atoms with Crippen LogP contribution in [0.25, 0.3) is 6.08 Å². The number of rotatable bonds is 6. The first-order valence-electron chi connectivity index (χ1n) is 8.87. The summed E-state index contributed by atoms with van der Waals surface area (Å²) < 4.78 is 0. The number of aromatic nitrogens is 2. The highest BCUT2D eigenvalue weighted by molar-refractivity contribution is 5.91. The Labute approximate surface area is 146 Å². The Morgan fingerprint density at radius 2 is 2.12 bits per heavy atom. The lowest BCUT2D eigenvalue weighted by molar-refractivity contribution is -0.131. The fraction of sp³-hybridized carbons (Fsp3) is 0.556. The standard InChI is InChI=1S/C18H24N4O3/c23-16(24)7-6-14-11-21-15(12-20-14)22-18(8-9-19-17(18)25)10-13-4-2-1-3-5-13/h6-7,11-13H,1-5,8-10H2,(H,19,25)(H,21,22)(H,23,24)/b7-6+/t18-/m0/s1. The molecule has 2 aliphatic rings. The minimum atomic E-state index is -1.03. The van der Waals surface area contributed by atoms with Gasteiger partial charge in [0.15, 0.2) is 0 Å². The molecular weight excluding hydrogens is 320 g/mol. The molecule has 25 heavy (non-hydrogen) atoms. The number of carboxylic acid groups (broad SMARTS) is 1. The van der Waals surface area contributed by atoms with E-state index in [1.165, 1.54) is 44.4 Å². The van der Waals surface area contributed by atoms with E-state index in [-0.39, 0.29) is 5.91 Å². The van der Waals surface area contributed by atoms with Gasteiger partial charge in [-0.1, -0.05) is 32.1 Å². The van der Waals surface area contributed by atoms with Crippen molar-refractivity contribution in [1.82, 2.24) is 15.3 Å². The van der Waals surface area contributed by atoms with Crippen molar-refractivity contribution in [2.24, 2.45) is 5.92 Å². The van der Waals surface area contributed by atoms with Gasteiger partial charge in [0.25, 0.3) is 0 Å². The van der Waals surface area contributed by atoms with Gasteiger partial charge >= 0.3 is 5.97 Å². The van der Waals surface area contributed by atoms with E-state index in [0.717, 1.165) is 18.9 Å². The molecule has 1 aromatic rings. The minimum absolute atomic E-state index is 0.0368. The second-order valence-electron chi connectivity index (χ2n) is 6.92. The molecule has 1 aliphatic carbocycles. The average Bonchev–Trinajstić information content (AvgIpc) is 2.95. The lowest BCUT2D eigenvalue weighted by Crippen LogP contribution is -2.47. The van der Waals surface area contributed by atoms with Gasteiger partial charge in [0.1, 0.15) is 11.4 Å². The van der Waals surface area contributed by atoms with Gasteiger partial charge < -0.3 is 15.7 Å². The van der Waals surface area contributed by atoms with Crippen LogP contribution in [0, 0.1) is 5.92 Å². The Morgan fingerprint density at radius 1 is 1.32 bits per heavy atom. The van der Waals surface area contributed by atoms with Crippen LogP contribution in [0.15, 0.2) is 18.5 Å². The molecule has 1 saturated heterocycles. The largest absolute Gasteiger partial charge is 0.478 e. The zero-order valence-corrected chi connectivity index (χ0v) is 14.2. The Morgan fingerprint density at radius 3 is 2.72 bits per heavy atom. The number of carboxylic acids is 1. The molecule has 0 unspecified atom stereocenters. The fourth-order valence-corrected chi connectivity index (χ4v) is 3.81. The predicted octanol–water partition coefficient (Wildman–Crippen LogP) is 2.22. The molecule has 3 rings (SSSR count). The number of hydrogen-bond donors (Lipinski definition) is 3. The molecule has 1 aliphatic heterocycles. The van der Waals surface area contributed by atoms with Crippen LogP contribution in [-0.4, -0.2) is 39.0 Å². The molecule has 2 heterocycles. The summed E-state index contributed by atoms with van der Waals surface area (Å²) in [7, 11) is 0. The van der Waals surface area contributed by atoms with Gasteiger partial charge in [-0.2, -0.15) is 0 Å². The third kappa shape index (κ3) is 4.35. The number of amides is 1. The SMILES string of the molecule is O=C(O)/C=C/c1cnc(N[C@]2(CC3CCCCC3)CCNC2=O)cn1. The Hall–Kier alpha value is -2.44. The van der Waals surface area contributed by atoms with Crippen LogP contribution in [0.2, 0.25) is 0 Å². The lowest BCUT2D eigenvalue weighted by Gasteiger charge is -2.33. The molecule has 1 saturated carbocycles. The molecule has 0 bridgehead atoms. The molecule has 1 atom stereocenters. The predicted molar refractivity (Wildman–Crippen MR) is 93.9 cm³/mol. The number of carbonyl (C=O) groups is 2. The molecule has 0 radical (unpaired) electrons.